The van der Waals surface area contributed by atoms with Crippen LogP contribution in [0.3, 0.4) is 0 Å². The fourth-order valence-corrected chi connectivity index (χ4v) is 2.41. The predicted octanol–water partition coefficient (Wildman–Crippen LogP) is 0.936. The van der Waals surface area contributed by atoms with Crippen molar-refractivity contribution in [2.75, 3.05) is 12.3 Å². The maximum absolute atomic E-state index is 3.94. The van der Waals surface area contributed by atoms with Crippen molar-refractivity contribution in [3.05, 3.63) is 0 Å². The van der Waals surface area contributed by atoms with Crippen molar-refractivity contribution in [3.8, 4) is 0 Å². The van der Waals surface area contributed by atoms with Gasteiger partial charge in [-0.25, -0.2) is 4.68 Å². The van der Waals surface area contributed by atoms with E-state index in [0.29, 0.717) is 12.0 Å². The van der Waals surface area contributed by atoms with Gasteiger partial charge in [-0.05, 0) is 22.9 Å². The van der Waals surface area contributed by atoms with Crippen LogP contribution in [0.15, 0.2) is 5.16 Å². The van der Waals surface area contributed by atoms with Gasteiger partial charge in [0.2, 0.25) is 5.16 Å². The Morgan fingerprint density at radius 1 is 1.47 bits per heavy atom. The van der Waals surface area contributed by atoms with Gasteiger partial charge in [-0.2, -0.15) is 0 Å². The number of aryl methyl sites for hydroxylation is 1. The molecule has 1 aromatic rings. The summed E-state index contributed by atoms with van der Waals surface area (Å²) in [7, 11) is 1.86. The van der Waals surface area contributed by atoms with Gasteiger partial charge in [-0.3, -0.25) is 0 Å². The van der Waals surface area contributed by atoms with E-state index in [1.807, 2.05) is 7.05 Å². The molecule has 0 spiro atoms. The summed E-state index contributed by atoms with van der Waals surface area (Å²) in [6.45, 7) is 7.58. The van der Waals surface area contributed by atoms with Crippen molar-refractivity contribution in [2.24, 2.45) is 13.0 Å². The maximum atomic E-state index is 3.94. The zero-order valence-corrected chi connectivity index (χ0v) is 10.6. The van der Waals surface area contributed by atoms with Gasteiger partial charge in [0.1, 0.15) is 0 Å². The molecule has 0 amide bonds. The summed E-state index contributed by atoms with van der Waals surface area (Å²) in [5, 5.41) is 15.7. The van der Waals surface area contributed by atoms with Crippen LogP contribution in [-0.2, 0) is 7.05 Å². The first kappa shape index (κ1) is 12.4. The van der Waals surface area contributed by atoms with Gasteiger partial charge in [0, 0.05) is 18.8 Å². The molecule has 0 fully saturated rings. The van der Waals surface area contributed by atoms with E-state index in [1.54, 1.807) is 16.4 Å². The Kier molecular flexibility index (Phi) is 5.04. The van der Waals surface area contributed by atoms with E-state index in [2.05, 4.69) is 41.6 Å². The lowest BCUT2D eigenvalue weighted by molar-refractivity contribution is 0.443. The Morgan fingerprint density at radius 3 is 2.67 bits per heavy atom. The maximum Gasteiger partial charge on any atom is 0.209 e. The van der Waals surface area contributed by atoms with Crippen LogP contribution in [0.4, 0.5) is 0 Å². The van der Waals surface area contributed by atoms with Crippen LogP contribution in [0.5, 0.6) is 0 Å². The largest absolute Gasteiger partial charge is 0.313 e. The SMILES string of the molecule is CCNC(CSc1nnnn1C)C(C)C. The minimum atomic E-state index is 0.511. The lowest BCUT2D eigenvalue weighted by Gasteiger charge is -2.20. The van der Waals surface area contributed by atoms with Gasteiger partial charge in [-0.15, -0.1) is 5.10 Å². The number of nitrogens with one attached hydrogen (secondary N) is 1. The molecule has 1 heterocycles. The zero-order valence-electron chi connectivity index (χ0n) is 9.77. The molecule has 1 N–H and O–H groups in total. The highest BCUT2D eigenvalue weighted by Gasteiger charge is 2.13. The fourth-order valence-electron chi connectivity index (χ4n) is 1.26. The van der Waals surface area contributed by atoms with Gasteiger partial charge in [0.25, 0.3) is 0 Å². The molecule has 1 atom stereocenters. The molecule has 0 saturated carbocycles. The van der Waals surface area contributed by atoms with Crippen molar-refractivity contribution in [3.63, 3.8) is 0 Å². The molecule has 5 nitrogen and oxygen atoms in total. The van der Waals surface area contributed by atoms with Crippen LogP contribution in [-0.4, -0.2) is 38.5 Å². The van der Waals surface area contributed by atoms with Crippen LogP contribution in [0.25, 0.3) is 0 Å². The second-order valence-electron chi connectivity index (χ2n) is 3.80. The van der Waals surface area contributed by atoms with E-state index < -0.39 is 0 Å². The standard InChI is InChI=1S/C9H19N5S/c1-5-10-8(7(2)3)6-15-9-11-12-13-14(9)4/h7-8,10H,5-6H2,1-4H3. The summed E-state index contributed by atoms with van der Waals surface area (Å²) < 4.78 is 1.70. The third-order valence-electron chi connectivity index (χ3n) is 2.24. The van der Waals surface area contributed by atoms with E-state index in [-0.39, 0.29) is 0 Å². The molecule has 1 unspecified atom stereocenters. The zero-order chi connectivity index (χ0) is 11.3. The highest BCUT2D eigenvalue weighted by molar-refractivity contribution is 7.99. The van der Waals surface area contributed by atoms with Gasteiger partial charge < -0.3 is 5.32 Å². The van der Waals surface area contributed by atoms with Gasteiger partial charge in [0.05, 0.1) is 0 Å². The third-order valence-corrected chi connectivity index (χ3v) is 3.37. The molecule has 1 aromatic heterocycles. The molecule has 0 saturated heterocycles. The molecular formula is C9H19N5S. The number of hydrogen-bond acceptors (Lipinski definition) is 5. The monoisotopic (exact) mass is 229 g/mol. The van der Waals surface area contributed by atoms with Crippen LogP contribution in [0.2, 0.25) is 0 Å². The summed E-state index contributed by atoms with van der Waals surface area (Å²) in [5.41, 5.74) is 0. The molecule has 86 valence electrons. The molecule has 0 aliphatic heterocycles. The third kappa shape index (κ3) is 3.79. The number of hydrogen-bond donors (Lipinski definition) is 1. The summed E-state index contributed by atoms with van der Waals surface area (Å²) in [6.07, 6.45) is 0. The average molecular weight is 229 g/mol. The minimum absolute atomic E-state index is 0.511. The highest BCUT2D eigenvalue weighted by Crippen LogP contribution is 2.16. The van der Waals surface area contributed by atoms with Crippen molar-refractivity contribution in [1.29, 1.82) is 0 Å². The number of thioether (sulfide) groups is 1. The molecule has 0 bridgehead atoms. The molecule has 0 radical (unpaired) electrons. The summed E-state index contributed by atoms with van der Waals surface area (Å²) in [4.78, 5) is 0. The number of tetrazole rings is 1. The molecule has 0 aliphatic rings. The fraction of sp³-hybridized carbons (Fsp3) is 0.889. The topological polar surface area (TPSA) is 55.6 Å². The van der Waals surface area contributed by atoms with Crippen LogP contribution < -0.4 is 5.32 Å². The Labute approximate surface area is 95.0 Å². The highest BCUT2D eigenvalue weighted by atomic mass is 32.2. The molecule has 15 heavy (non-hydrogen) atoms. The Hall–Kier alpha value is -0.620. The lowest BCUT2D eigenvalue weighted by Crippen LogP contribution is -2.35. The summed E-state index contributed by atoms with van der Waals surface area (Å²) in [6, 6.07) is 0.511. The van der Waals surface area contributed by atoms with E-state index in [9.17, 15) is 0 Å². The normalized spacial score (nSPS) is 13.4. The first-order valence-corrected chi connectivity index (χ1v) is 6.22. The molecule has 6 heteroatoms. The first-order valence-electron chi connectivity index (χ1n) is 5.23. The quantitative estimate of drug-likeness (QED) is 0.736. The number of rotatable bonds is 6. The van der Waals surface area contributed by atoms with Gasteiger partial charge >= 0.3 is 0 Å². The predicted molar refractivity (Wildman–Crippen MR) is 61.8 cm³/mol. The lowest BCUT2D eigenvalue weighted by atomic mass is 10.1. The van der Waals surface area contributed by atoms with Crippen molar-refractivity contribution in [1.82, 2.24) is 25.5 Å². The van der Waals surface area contributed by atoms with Crippen LogP contribution >= 0.6 is 11.8 Å². The Balaban J connectivity index is 2.43. The van der Waals surface area contributed by atoms with E-state index in [4.69, 9.17) is 0 Å². The molecule has 0 aliphatic carbocycles. The second kappa shape index (κ2) is 6.07. The summed E-state index contributed by atoms with van der Waals surface area (Å²) in [5.74, 6) is 1.62. The van der Waals surface area contributed by atoms with Crippen LogP contribution in [0, 0.1) is 5.92 Å². The van der Waals surface area contributed by atoms with Crippen molar-refractivity contribution in [2.45, 2.75) is 32.0 Å². The van der Waals surface area contributed by atoms with Gasteiger partial charge in [0.15, 0.2) is 0 Å². The molecule has 0 aromatic carbocycles. The van der Waals surface area contributed by atoms with Crippen molar-refractivity contribution >= 4 is 11.8 Å². The second-order valence-corrected chi connectivity index (χ2v) is 4.79. The van der Waals surface area contributed by atoms with Crippen LogP contribution in [0.1, 0.15) is 20.8 Å². The number of nitrogens with zero attached hydrogens (tertiary/aromatic N) is 4. The minimum Gasteiger partial charge on any atom is -0.313 e. The van der Waals surface area contributed by atoms with Crippen molar-refractivity contribution < 1.29 is 0 Å². The van der Waals surface area contributed by atoms with Gasteiger partial charge in [-0.1, -0.05) is 32.5 Å². The Morgan fingerprint density at radius 2 is 2.20 bits per heavy atom. The number of aromatic nitrogens is 4. The molecule has 1 rings (SSSR count). The average Bonchev–Trinajstić information content (AvgIpc) is 2.58. The smallest absolute Gasteiger partial charge is 0.209 e. The first-order chi connectivity index (χ1) is 7.15. The van der Waals surface area contributed by atoms with E-state index >= 15 is 0 Å². The summed E-state index contributed by atoms with van der Waals surface area (Å²) >= 11 is 1.69. The van der Waals surface area contributed by atoms with E-state index in [0.717, 1.165) is 17.5 Å². The van der Waals surface area contributed by atoms with E-state index in [1.165, 1.54) is 0 Å². The Bertz CT molecular complexity index is 286. The molecular weight excluding hydrogens is 210 g/mol.